The lowest BCUT2D eigenvalue weighted by Gasteiger charge is -2.15. The number of hydrogen-bond acceptors (Lipinski definition) is 5. The molecule has 0 saturated heterocycles. The van der Waals surface area contributed by atoms with Crippen LogP contribution in [0.4, 0.5) is 5.69 Å². The van der Waals surface area contributed by atoms with Crippen LogP contribution in [0.15, 0.2) is 23.4 Å². The Hall–Kier alpha value is -1.96. The highest BCUT2D eigenvalue weighted by Crippen LogP contribution is 2.29. The Balaban J connectivity index is 3.17. The van der Waals surface area contributed by atoms with Crippen molar-refractivity contribution >= 4 is 21.5 Å². The fourth-order valence-electron chi connectivity index (χ4n) is 1.67. The molecule has 0 aliphatic rings. The Bertz CT molecular complexity index is 612. The van der Waals surface area contributed by atoms with Gasteiger partial charge >= 0.3 is 0 Å². The van der Waals surface area contributed by atoms with E-state index in [1.165, 1.54) is 13.2 Å². The van der Waals surface area contributed by atoms with Crippen LogP contribution < -0.4 is 15.2 Å². The number of hydrogen-bond donors (Lipinski definition) is 3. The molecule has 0 bridgehead atoms. The molecule has 0 heterocycles. The van der Waals surface area contributed by atoms with E-state index in [0.29, 0.717) is 12.2 Å². The van der Waals surface area contributed by atoms with E-state index >= 15 is 0 Å². The van der Waals surface area contributed by atoms with Crippen molar-refractivity contribution in [1.82, 2.24) is 0 Å². The summed E-state index contributed by atoms with van der Waals surface area (Å²) in [4.78, 5) is 0. The molecule has 0 atom stereocenters. The number of methoxy groups -OCH3 is 1. The van der Waals surface area contributed by atoms with E-state index in [2.05, 4.69) is 9.88 Å². The molecule has 21 heavy (non-hydrogen) atoms. The van der Waals surface area contributed by atoms with Crippen molar-refractivity contribution in [2.45, 2.75) is 20.3 Å². The first kappa shape index (κ1) is 17.1. The van der Waals surface area contributed by atoms with Gasteiger partial charge in [0.25, 0.3) is 0 Å². The molecule has 0 aliphatic carbocycles. The molecular formula is C13H21N3O4S. The standard InChI is InChI=1S/C13H21N3O4S/c1-9(2)7-8-21(18,19)16-12-10(13(14)15-17)5-4-6-11(12)20-3/h4-6,9,16-17H,7-8H2,1-3H3,(H2,14,15). The van der Waals surface area contributed by atoms with Gasteiger partial charge in [0, 0.05) is 5.56 Å². The fourth-order valence-corrected chi connectivity index (χ4v) is 3.08. The van der Waals surface area contributed by atoms with Crippen LogP contribution in [-0.2, 0) is 10.0 Å². The van der Waals surface area contributed by atoms with Gasteiger partial charge in [0.15, 0.2) is 5.84 Å². The van der Waals surface area contributed by atoms with Crippen molar-refractivity contribution < 1.29 is 18.4 Å². The number of nitrogens with zero attached hydrogens (tertiary/aromatic N) is 1. The number of para-hydroxylation sites is 1. The van der Waals surface area contributed by atoms with Gasteiger partial charge in [0.2, 0.25) is 10.0 Å². The zero-order valence-electron chi connectivity index (χ0n) is 12.3. The molecule has 118 valence electrons. The molecule has 0 unspecified atom stereocenters. The summed E-state index contributed by atoms with van der Waals surface area (Å²) in [6.07, 6.45) is 0.531. The van der Waals surface area contributed by atoms with E-state index in [0.717, 1.165) is 0 Å². The van der Waals surface area contributed by atoms with Crippen molar-refractivity contribution in [1.29, 1.82) is 0 Å². The minimum absolute atomic E-state index is 0.0155. The van der Waals surface area contributed by atoms with Gasteiger partial charge in [-0.25, -0.2) is 8.42 Å². The number of sulfonamides is 1. The third kappa shape index (κ3) is 4.82. The van der Waals surface area contributed by atoms with Crippen LogP contribution in [-0.4, -0.2) is 32.3 Å². The summed E-state index contributed by atoms with van der Waals surface area (Å²) >= 11 is 0. The zero-order chi connectivity index (χ0) is 16.0. The van der Waals surface area contributed by atoms with Gasteiger partial charge in [-0.1, -0.05) is 25.1 Å². The average molecular weight is 315 g/mol. The van der Waals surface area contributed by atoms with Crippen molar-refractivity contribution in [2.75, 3.05) is 17.6 Å². The van der Waals surface area contributed by atoms with Crippen LogP contribution in [0.3, 0.4) is 0 Å². The molecule has 1 aromatic rings. The summed E-state index contributed by atoms with van der Waals surface area (Å²) in [5.41, 5.74) is 5.99. The van der Waals surface area contributed by atoms with Gasteiger partial charge in [-0.2, -0.15) is 0 Å². The molecule has 0 aromatic heterocycles. The summed E-state index contributed by atoms with van der Waals surface area (Å²) in [5.74, 6) is 0.351. The minimum Gasteiger partial charge on any atom is -0.495 e. The molecule has 1 rings (SSSR count). The third-order valence-electron chi connectivity index (χ3n) is 2.85. The summed E-state index contributed by atoms with van der Waals surface area (Å²) in [5, 5.41) is 11.7. The molecule has 0 radical (unpaired) electrons. The Morgan fingerprint density at radius 3 is 2.67 bits per heavy atom. The van der Waals surface area contributed by atoms with Gasteiger partial charge in [0.1, 0.15) is 11.4 Å². The second kappa shape index (κ2) is 7.16. The lowest BCUT2D eigenvalue weighted by Crippen LogP contribution is -2.22. The summed E-state index contributed by atoms with van der Waals surface area (Å²) < 4.78 is 31.8. The summed E-state index contributed by atoms with van der Waals surface area (Å²) in [6, 6.07) is 4.75. The van der Waals surface area contributed by atoms with E-state index < -0.39 is 10.0 Å². The van der Waals surface area contributed by atoms with Crippen LogP contribution in [0.5, 0.6) is 5.75 Å². The minimum atomic E-state index is -3.55. The highest BCUT2D eigenvalue weighted by molar-refractivity contribution is 7.92. The molecule has 0 saturated carbocycles. The van der Waals surface area contributed by atoms with E-state index in [9.17, 15) is 8.42 Å². The second-order valence-electron chi connectivity index (χ2n) is 4.97. The molecule has 7 nitrogen and oxygen atoms in total. The molecular weight excluding hydrogens is 294 g/mol. The van der Waals surface area contributed by atoms with Crippen LogP contribution in [0, 0.1) is 5.92 Å². The molecule has 0 fully saturated rings. The van der Waals surface area contributed by atoms with Gasteiger partial charge in [-0.3, -0.25) is 4.72 Å². The number of nitrogens with two attached hydrogens (primary N) is 1. The smallest absolute Gasteiger partial charge is 0.232 e. The van der Waals surface area contributed by atoms with Crippen molar-refractivity contribution in [2.24, 2.45) is 16.8 Å². The number of rotatable bonds is 7. The van der Waals surface area contributed by atoms with Gasteiger partial charge in [-0.15, -0.1) is 0 Å². The Morgan fingerprint density at radius 1 is 1.48 bits per heavy atom. The Labute approximate surface area is 124 Å². The fraction of sp³-hybridized carbons (Fsp3) is 0.462. The Kier molecular flexibility index (Phi) is 5.83. The van der Waals surface area contributed by atoms with Crippen LogP contribution in [0.25, 0.3) is 0 Å². The average Bonchev–Trinajstić information content (AvgIpc) is 2.44. The molecule has 0 amide bonds. The number of oxime groups is 1. The van der Waals surface area contributed by atoms with E-state index in [1.54, 1.807) is 12.1 Å². The number of nitrogens with one attached hydrogen (secondary N) is 1. The molecule has 0 aliphatic heterocycles. The van der Waals surface area contributed by atoms with E-state index in [4.69, 9.17) is 15.7 Å². The van der Waals surface area contributed by atoms with Gasteiger partial charge in [-0.05, 0) is 24.5 Å². The first-order chi connectivity index (χ1) is 9.80. The largest absolute Gasteiger partial charge is 0.495 e. The van der Waals surface area contributed by atoms with Crippen LogP contribution in [0.2, 0.25) is 0 Å². The lowest BCUT2D eigenvalue weighted by molar-refractivity contribution is 0.318. The number of benzene rings is 1. The van der Waals surface area contributed by atoms with Gasteiger partial charge in [0.05, 0.1) is 12.9 Å². The lowest BCUT2D eigenvalue weighted by atomic mass is 10.1. The first-order valence-electron chi connectivity index (χ1n) is 6.46. The number of amidine groups is 1. The Morgan fingerprint density at radius 2 is 2.14 bits per heavy atom. The maximum atomic E-state index is 12.1. The van der Waals surface area contributed by atoms with Crippen molar-refractivity contribution in [3.05, 3.63) is 23.8 Å². The molecule has 4 N–H and O–H groups in total. The van der Waals surface area contributed by atoms with Crippen LogP contribution >= 0.6 is 0 Å². The molecule has 8 heteroatoms. The highest BCUT2D eigenvalue weighted by atomic mass is 32.2. The van der Waals surface area contributed by atoms with Crippen LogP contribution in [0.1, 0.15) is 25.8 Å². The maximum absolute atomic E-state index is 12.1. The quantitative estimate of drug-likeness (QED) is 0.306. The second-order valence-corrected chi connectivity index (χ2v) is 6.81. The van der Waals surface area contributed by atoms with Crippen molar-refractivity contribution in [3.63, 3.8) is 0 Å². The first-order valence-corrected chi connectivity index (χ1v) is 8.11. The van der Waals surface area contributed by atoms with E-state index in [1.807, 2.05) is 13.8 Å². The SMILES string of the molecule is COc1cccc(/C(N)=N/O)c1NS(=O)(=O)CCC(C)C. The summed E-state index contributed by atoms with van der Waals surface area (Å²) in [7, 11) is -2.13. The predicted molar refractivity (Wildman–Crippen MR) is 82.4 cm³/mol. The highest BCUT2D eigenvalue weighted by Gasteiger charge is 2.19. The number of anilines is 1. The third-order valence-corrected chi connectivity index (χ3v) is 4.14. The molecule has 1 aromatic carbocycles. The normalized spacial score (nSPS) is 12.5. The predicted octanol–water partition coefficient (Wildman–Crippen LogP) is 1.58. The van der Waals surface area contributed by atoms with Gasteiger partial charge < -0.3 is 15.7 Å². The summed E-state index contributed by atoms with van der Waals surface area (Å²) in [6.45, 7) is 3.89. The zero-order valence-corrected chi connectivity index (χ0v) is 13.1. The topological polar surface area (TPSA) is 114 Å². The van der Waals surface area contributed by atoms with E-state index in [-0.39, 0.29) is 28.8 Å². The van der Waals surface area contributed by atoms with Crippen molar-refractivity contribution in [3.8, 4) is 5.75 Å². The maximum Gasteiger partial charge on any atom is 0.232 e. The monoisotopic (exact) mass is 315 g/mol. The molecule has 0 spiro atoms. The number of ether oxygens (including phenoxy) is 1.